The molecule has 2 atom stereocenters. The molecule has 0 radical (unpaired) electrons. The van der Waals surface area contributed by atoms with E-state index in [0.717, 1.165) is 11.6 Å². The minimum Gasteiger partial charge on any atom is -0.346 e. The minimum atomic E-state index is -2.75. The molecule has 2 unspecified atom stereocenters. The SMILES string of the molecule is CC(NC(=O)c1ccc(-c2cn[nH]c2)c(C(F)F)c1)c1ccccc1F.CC(NC(=O)c1cccc(C2OCCO2)c1Br)c1ccccc1F. The lowest BCUT2D eigenvalue weighted by molar-refractivity contribution is -0.0446. The van der Waals surface area contributed by atoms with Gasteiger partial charge < -0.3 is 20.1 Å². The summed E-state index contributed by atoms with van der Waals surface area (Å²) in [6, 6.07) is 20.8. The van der Waals surface area contributed by atoms with Gasteiger partial charge in [0.15, 0.2) is 6.29 Å². The van der Waals surface area contributed by atoms with Gasteiger partial charge in [0.25, 0.3) is 18.2 Å². The number of hydrogen-bond acceptors (Lipinski definition) is 5. The second-order valence-corrected chi connectivity index (χ2v) is 12.1. The van der Waals surface area contributed by atoms with Crippen molar-refractivity contribution in [2.75, 3.05) is 13.2 Å². The van der Waals surface area contributed by atoms with Gasteiger partial charge in [-0.15, -0.1) is 0 Å². The molecule has 1 aliphatic rings. The first kappa shape index (κ1) is 36.4. The Kier molecular flexibility index (Phi) is 12.2. The van der Waals surface area contributed by atoms with E-state index < -0.39 is 36.5 Å². The Hall–Kier alpha value is -4.85. The van der Waals surface area contributed by atoms with Crippen LogP contribution >= 0.6 is 15.9 Å². The van der Waals surface area contributed by atoms with Crippen molar-refractivity contribution < 1.29 is 36.6 Å². The Labute approximate surface area is 294 Å². The number of ether oxygens (including phenoxy) is 2. The highest BCUT2D eigenvalue weighted by Crippen LogP contribution is 2.33. The number of rotatable bonds is 9. The third kappa shape index (κ3) is 8.65. The lowest BCUT2D eigenvalue weighted by Gasteiger charge is -2.17. The molecule has 5 aromatic rings. The van der Waals surface area contributed by atoms with Crippen molar-refractivity contribution in [1.82, 2.24) is 20.8 Å². The Morgan fingerprint density at radius 2 is 1.42 bits per heavy atom. The van der Waals surface area contributed by atoms with Crippen LogP contribution in [0.15, 0.2) is 102 Å². The van der Waals surface area contributed by atoms with Crippen molar-refractivity contribution in [2.24, 2.45) is 0 Å². The third-order valence-electron chi connectivity index (χ3n) is 7.95. The van der Waals surface area contributed by atoms with Gasteiger partial charge in [0.05, 0.1) is 37.1 Å². The van der Waals surface area contributed by atoms with Gasteiger partial charge in [0.2, 0.25) is 0 Å². The number of carbonyl (C=O) groups excluding carboxylic acids is 2. The highest BCUT2D eigenvalue weighted by Gasteiger charge is 2.25. The summed E-state index contributed by atoms with van der Waals surface area (Å²) in [7, 11) is 0. The largest absolute Gasteiger partial charge is 0.346 e. The summed E-state index contributed by atoms with van der Waals surface area (Å²) in [6.07, 6.45) is -0.296. The molecular formula is C37H33BrF4N4O4. The Balaban J connectivity index is 0.000000195. The predicted molar refractivity (Wildman–Crippen MR) is 182 cm³/mol. The number of alkyl halides is 2. The lowest BCUT2D eigenvalue weighted by atomic mass is 9.99. The number of amides is 2. The summed E-state index contributed by atoms with van der Waals surface area (Å²) in [5.41, 5.74) is 2.60. The maximum atomic E-state index is 13.8. The molecule has 1 aliphatic heterocycles. The van der Waals surface area contributed by atoms with Crippen molar-refractivity contribution >= 4 is 27.7 Å². The van der Waals surface area contributed by atoms with Crippen LogP contribution in [0.4, 0.5) is 17.6 Å². The molecule has 1 fully saturated rings. The van der Waals surface area contributed by atoms with Crippen molar-refractivity contribution in [3.8, 4) is 11.1 Å². The third-order valence-corrected chi connectivity index (χ3v) is 8.83. The van der Waals surface area contributed by atoms with E-state index in [1.807, 2.05) is 6.07 Å². The van der Waals surface area contributed by atoms with Crippen molar-refractivity contribution in [1.29, 1.82) is 0 Å². The summed E-state index contributed by atoms with van der Waals surface area (Å²) in [6.45, 7) is 4.43. The maximum Gasteiger partial charge on any atom is 0.264 e. The Morgan fingerprint density at radius 3 is 1.98 bits per heavy atom. The number of nitrogens with one attached hydrogen (secondary N) is 3. The average molecular weight is 754 g/mol. The number of nitrogens with zero attached hydrogens (tertiary/aromatic N) is 1. The zero-order chi connectivity index (χ0) is 35.8. The highest BCUT2D eigenvalue weighted by molar-refractivity contribution is 9.10. The quantitative estimate of drug-likeness (QED) is 0.131. The van der Waals surface area contributed by atoms with E-state index in [1.165, 1.54) is 36.7 Å². The van der Waals surface area contributed by atoms with E-state index in [9.17, 15) is 27.2 Å². The fraction of sp³-hybridized carbons (Fsp3) is 0.216. The predicted octanol–water partition coefficient (Wildman–Crippen LogP) is 8.77. The van der Waals surface area contributed by atoms with Gasteiger partial charge in [-0.3, -0.25) is 14.7 Å². The zero-order valence-electron chi connectivity index (χ0n) is 26.9. The second-order valence-electron chi connectivity index (χ2n) is 11.3. The summed E-state index contributed by atoms with van der Waals surface area (Å²) in [5, 5.41) is 11.8. The second kappa shape index (κ2) is 16.7. The molecule has 0 saturated carbocycles. The number of hydrogen-bond donors (Lipinski definition) is 3. The number of halogens is 5. The molecule has 0 aliphatic carbocycles. The van der Waals surface area contributed by atoms with Crippen LogP contribution in [0.3, 0.4) is 0 Å². The number of benzene rings is 4. The van der Waals surface area contributed by atoms with Gasteiger partial charge in [-0.25, -0.2) is 17.6 Å². The first-order valence-electron chi connectivity index (χ1n) is 15.6. The van der Waals surface area contributed by atoms with E-state index in [0.29, 0.717) is 45.5 Å². The summed E-state index contributed by atoms with van der Waals surface area (Å²) in [5.74, 6) is -1.63. The summed E-state index contributed by atoms with van der Waals surface area (Å²) >= 11 is 3.46. The van der Waals surface area contributed by atoms with E-state index in [4.69, 9.17) is 9.47 Å². The van der Waals surface area contributed by atoms with Gasteiger partial charge in [-0.2, -0.15) is 5.10 Å². The monoisotopic (exact) mass is 752 g/mol. The molecular weight excluding hydrogens is 720 g/mol. The van der Waals surface area contributed by atoms with Crippen LogP contribution in [0.25, 0.3) is 11.1 Å². The first-order valence-corrected chi connectivity index (χ1v) is 16.4. The van der Waals surface area contributed by atoms with Gasteiger partial charge in [-0.05, 0) is 65.7 Å². The Bertz CT molecular complexity index is 1940. The zero-order valence-corrected chi connectivity index (χ0v) is 28.5. The maximum absolute atomic E-state index is 13.8. The van der Waals surface area contributed by atoms with Crippen LogP contribution in [0.2, 0.25) is 0 Å². The van der Waals surface area contributed by atoms with Crippen LogP contribution in [0.1, 0.15) is 81.6 Å². The van der Waals surface area contributed by atoms with Crippen molar-refractivity contribution in [2.45, 2.75) is 38.6 Å². The van der Waals surface area contributed by atoms with Crippen LogP contribution < -0.4 is 10.6 Å². The number of aromatic nitrogens is 2. The Morgan fingerprint density at radius 1 is 0.820 bits per heavy atom. The molecule has 260 valence electrons. The van der Waals surface area contributed by atoms with E-state index in [2.05, 4.69) is 36.8 Å². The summed E-state index contributed by atoms with van der Waals surface area (Å²) in [4.78, 5) is 25.0. The normalized spacial score (nSPS) is 14.1. The molecule has 13 heteroatoms. The fourth-order valence-corrected chi connectivity index (χ4v) is 5.98. The molecule has 0 spiro atoms. The summed E-state index contributed by atoms with van der Waals surface area (Å²) < 4.78 is 66.1. The van der Waals surface area contributed by atoms with Gasteiger partial charge in [0, 0.05) is 44.1 Å². The van der Waals surface area contributed by atoms with Gasteiger partial charge >= 0.3 is 0 Å². The lowest BCUT2D eigenvalue weighted by Crippen LogP contribution is -2.27. The molecule has 4 aromatic carbocycles. The molecule has 1 aromatic heterocycles. The van der Waals surface area contributed by atoms with E-state index >= 15 is 0 Å². The molecule has 1 saturated heterocycles. The molecule has 2 amide bonds. The van der Waals surface area contributed by atoms with Crippen LogP contribution in [0, 0.1) is 11.6 Å². The number of carbonyl (C=O) groups is 2. The molecule has 6 rings (SSSR count). The topological polar surface area (TPSA) is 105 Å². The molecule has 2 heterocycles. The van der Waals surface area contributed by atoms with Crippen LogP contribution in [-0.2, 0) is 9.47 Å². The fourth-order valence-electron chi connectivity index (χ4n) is 5.35. The smallest absolute Gasteiger partial charge is 0.264 e. The number of aromatic amines is 1. The van der Waals surface area contributed by atoms with Gasteiger partial charge in [-0.1, -0.05) is 54.6 Å². The van der Waals surface area contributed by atoms with Crippen molar-refractivity contribution in [3.05, 3.63) is 147 Å². The van der Waals surface area contributed by atoms with E-state index in [1.54, 1.807) is 62.4 Å². The average Bonchev–Trinajstić information content (AvgIpc) is 3.84. The molecule has 50 heavy (non-hydrogen) atoms. The standard InChI is InChI=1S/C19H16F3N3O.C18H17BrFNO3/c1-11(14-4-2-3-5-17(14)20)25-19(26)12-6-7-15(13-9-23-24-10-13)16(8-12)18(21)22;1-11(12-5-2-3-8-15(12)20)21-17(22)13-6-4-7-14(16(13)19)18-23-9-10-24-18/h2-11,18H,1H3,(H,23,24)(H,25,26);2-8,11,18H,9-10H2,1H3,(H,21,22). The highest BCUT2D eigenvalue weighted by atomic mass is 79.9. The van der Waals surface area contributed by atoms with Crippen LogP contribution in [0.5, 0.6) is 0 Å². The molecule has 3 N–H and O–H groups in total. The minimum absolute atomic E-state index is 0.0794. The molecule has 8 nitrogen and oxygen atoms in total. The first-order chi connectivity index (χ1) is 24.0. The van der Waals surface area contributed by atoms with Gasteiger partial charge in [0.1, 0.15) is 11.6 Å². The number of H-pyrrole nitrogens is 1. The van der Waals surface area contributed by atoms with Crippen molar-refractivity contribution in [3.63, 3.8) is 0 Å². The van der Waals surface area contributed by atoms with E-state index in [-0.39, 0.29) is 22.9 Å². The van der Waals surface area contributed by atoms with Crippen LogP contribution in [-0.4, -0.2) is 35.2 Å². The molecule has 0 bridgehead atoms.